The Balaban J connectivity index is 1.64. The third-order valence-corrected chi connectivity index (χ3v) is 3.82. The number of halogens is 3. The van der Waals surface area contributed by atoms with Crippen LogP contribution in [-0.4, -0.2) is 21.8 Å². The Morgan fingerprint density at radius 1 is 0.967 bits per heavy atom. The van der Waals surface area contributed by atoms with Crippen molar-refractivity contribution in [3.63, 3.8) is 0 Å². The molecule has 0 saturated heterocycles. The van der Waals surface area contributed by atoms with Gasteiger partial charge in [-0.1, -0.05) is 12.1 Å². The van der Waals surface area contributed by atoms with Gasteiger partial charge in [0.15, 0.2) is 5.78 Å². The second kappa shape index (κ2) is 8.60. The number of ether oxygens (including phenoxy) is 1. The second-order valence-corrected chi connectivity index (χ2v) is 6.05. The number of hydrogen-bond acceptors (Lipinski definition) is 5. The molecule has 1 heterocycles. The van der Waals surface area contributed by atoms with Crippen LogP contribution in [0.5, 0.6) is 11.6 Å². The topological polar surface area (TPSA) is 93.2 Å². The summed E-state index contributed by atoms with van der Waals surface area (Å²) in [5.74, 6) is 0.300. The zero-order chi connectivity index (χ0) is 21.7. The smallest absolute Gasteiger partial charge is 0.418 e. The molecule has 0 bridgehead atoms. The van der Waals surface area contributed by atoms with Crippen LogP contribution in [0.2, 0.25) is 0 Å². The Bertz CT molecular complexity index is 1070. The van der Waals surface area contributed by atoms with Crippen LogP contribution >= 0.6 is 0 Å². The lowest BCUT2D eigenvalue weighted by Gasteiger charge is -2.14. The Labute approximate surface area is 168 Å². The molecule has 10 heteroatoms. The number of carbonyl (C=O) groups excluding carboxylic acids is 2. The van der Waals surface area contributed by atoms with E-state index in [0.717, 1.165) is 12.1 Å². The van der Waals surface area contributed by atoms with Crippen LogP contribution in [0.4, 0.5) is 29.3 Å². The summed E-state index contributed by atoms with van der Waals surface area (Å²) < 4.78 is 44.5. The fourth-order valence-electron chi connectivity index (χ4n) is 2.44. The molecule has 0 aliphatic rings. The van der Waals surface area contributed by atoms with E-state index in [-0.39, 0.29) is 23.0 Å². The summed E-state index contributed by atoms with van der Waals surface area (Å²) in [6.45, 7) is 1.37. The first kappa shape index (κ1) is 20.8. The van der Waals surface area contributed by atoms with E-state index in [1.807, 2.05) is 0 Å². The highest BCUT2D eigenvalue weighted by Gasteiger charge is 2.33. The van der Waals surface area contributed by atoms with Crippen molar-refractivity contribution in [2.24, 2.45) is 0 Å². The quantitative estimate of drug-likeness (QED) is 0.562. The lowest BCUT2D eigenvalue weighted by atomic mass is 10.1. The summed E-state index contributed by atoms with van der Waals surface area (Å²) >= 11 is 0. The third-order valence-electron chi connectivity index (χ3n) is 3.82. The van der Waals surface area contributed by atoms with Gasteiger partial charge in [-0.25, -0.2) is 14.8 Å². The number of amides is 2. The van der Waals surface area contributed by atoms with Gasteiger partial charge in [0.2, 0.25) is 5.88 Å². The molecule has 3 aromatic rings. The van der Waals surface area contributed by atoms with Gasteiger partial charge < -0.3 is 15.4 Å². The van der Waals surface area contributed by atoms with Crippen LogP contribution in [0.25, 0.3) is 0 Å². The molecule has 3 rings (SSSR count). The molecule has 0 radical (unpaired) electrons. The van der Waals surface area contributed by atoms with Gasteiger partial charge in [-0.3, -0.25) is 4.79 Å². The Kier molecular flexibility index (Phi) is 5.95. The van der Waals surface area contributed by atoms with Crippen molar-refractivity contribution in [2.75, 3.05) is 10.6 Å². The molecule has 0 aliphatic heterocycles. The molecular weight excluding hydrogens is 401 g/mol. The molecule has 154 valence electrons. The van der Waals surface area contributed by atoms with Gasteiger partial charge in [0.1, 0.15) is 17.8 Å². The van der Waals surface area contributed by atoms with E-state index in [2.05, 4.69) is 20.6 Å². The maximum Gasteiger partial charge on any atom is 0.418 e. The SMILES string of the molecule is CC(=O)c1cc(Oc2ccc(NC(=O)Nc3ccccc3C(F)(F)F)cc2)ncn1. The highest BCUT2D eigenvalue weighted by Crippen LogP contribution is 2.34. The largest absolute Gasteiger partial charge is 0.439 e. The molecular formula is C20H15F3N4O3. The summed E-state index contributed by atoms with van der Waals surface area (Å²) in [7, 11) is 0. The number of alkyl halides is 3. The number of nitrogens with zero attached hydrogens (tertiary/aromatic N) is 2. The molecule has 0 atom stereocenters. The first-order valence-electron chi connectivity index (χ1n) is 8.57. The van der Waals surface area contributed by atoms with E-state index in [4.69, 9.17) is 4.74 Å². The van der Waals surface area contributed by atoms with Crippen LogP contribution in [0, 0.1) is 0 Å². The number of aromatic nitrogens is 2. The summed E-state index contributed by atoms with van der Waals surface area (Å²) in [6.07, 6.45) is -3.39. The Morgan fingerprint density at radius 2 is 1.67 bits per heavy atom. The molecule has 2 aromatic carbocycles. The second-order valence-electron chi connectivity index (χ2n) is 6.05. The Hall–Kier alpha value is -3.95. The molecule has 0 unspecified atom stereocenters. The number of urea groups is 1. The van der Waals surface area contributed by atoms with Gasteiger partial charge in [0.05, 0.1) is 11.3 Å². The highest BCUT2D eigenvalue weighted by molar-refractivity contribution is 6.00. The molecule has 7 nitrogen and oxygen atoms in total. The number of benzene rings is 2. The predicted molar refractivity (Wildman–Crippen MR) is 103 cm³/mol. The fourth-order valence-corrected chi connectivity index (χ4v) is 2.44. The summed E-state index contributed by atoms with van der Waals surface area (Å²) in [6, 6.07) is 11.3. The third kappa shape index (κ3) is 5.31. The van der Waals surface area contributed by atoms with E-state index in [9.17, 15) is 22.8 Å². The first-order valence-corrected chi connectivity index (χ1v) is 8.57. The minimum atomic E-state index is -4.59. The minimum absolute atomic E-state index is 0.164. The van der Waals surface area contributed by atoms with E-state index in [1.54, 1.807) is 0 Å². The molecule has 1 aromatic heterocycles. The first-order chi connectivity index (χ1) is 14.2. The molecule has 2 N–H and O–H groups in total. The maximum atomic E-state index is 13.0. The predicted octanol–water partition coefficient (Wildman–Crippen LogP) is 5.13. The summed E-state index contributed by atoms with van der Waals surface area (Å²) in [5, 5.41) is 4.63. The van der Waals surface area contributed by atoms with Crippen LogP contribution in [0.3, 0.4) is 0 Å². The normalized spacial score (nSPS) is 10.9. The zero-order valence-electron chi connectivity index (χ0n) is 15.5. The maximum absolute atomic E-state index is 13.0. The number of Topliss-reactive ketones (excluding diaryl/α,β-unsaturated/α-hetero) is 1. The van der Waals surface area contributed by atoms with Crippen molar-refractivity contribution in [2.45, 2.75) is 13.1 Å². The van der Waals surface area contributed by atoms with Crippen LogP contribution in [0.15, 0.2) is 60.9 Å². The average molecular weight is 416 g/mol. The van der Waals surface area contributed by atoms with Crippen molar-refractivity contribution in [3.05, 3.63) is 72.2 Å². The Morgan fingerprint density at radius 3 is 2.33 bits per heavy atom. The number of para-hydroxylation sites is 1. The van der Waals surface area contributed by atoms with Crippen molar-refractivity contribution < 1.29 is 27.5 Å². The van der Waals surface area contributed by atoms with Crippen molar-refractivity contribution in [1.29, 1.82) is 0 Å². The van der Waals surface area contributed by atoms with Gasteiger partial charge in [-0.2, -0.15) is 13.2 Å². The highest BCUT2D eigenvalue weighted by atomic mass is 19.4. The number of carbonyl (C=O) groups is 2. The van der Waals surface area contributed by atoms with Gasteiger partial charge >= 0.3 is 12.2 Å². The van der Waals surface area contributed by atoms with E-state index in [0.29, 0.717) is 11.4 Å². The van der Waals surface area contributed by atoms with Crippen LogP contribution in [-0.2, 0) is 6.18 Å². The number of rotatable bonds is 5. The molecule has 2 amide bonds. The van der Waals surface area contributed by atoms with E-state index in [1.165, 1.54) is 55.7 Å². The van der Waals surface area contributed by atoms with E-state index < -0.39 is 17.8 Å². The van der Waals surface area contributed by atoms with Crippen LogP contribution < -0.4 is 15.4 Å². The van der Waals surface area contributed by atoms with Gasteiger partial charge in [0.25, 0.3) is 0 Å². The van der Waals surface area contributed by atoms with Crippen molar-refractivity contribution in [3.8, 4) is 11.6 Å². The van der Waals surface area contributed by atoms with Gasteiger partial charge in [0, 0.05) is 18.7 Å². The number of anilines is 2. The zero-order valence-corrected chi connectivity index (χ0v) is 15.5. The van der Waals surface area contributed by atoms with Gasteiger partial charge in [-0.05, 0) is 36.4 Å². The van der Waals surface area contributed by atoms with E-state index >= 15 is 0 Å². The monoisotopic (exact) mass is 416 g/mol. The molecule has 0 fully saturated rings. The number of hydrogen-bond donors (Lipinski definition) is 2. The lowest BCUT2D eigenvalue weighted by Crippen LogP contribution is -2.21. The average Bonchev–Trinajstić information content (AvgIpc) is 2.69. The summed E-state index contributed by atoms with van der Waals surface area (Å²) in [4.78, 5) is 31.1. The molecule has 30 heavy (non-hydrogen) atoms. The molecule has 0 aliphatic carbocycles. The van der Waals surface area contributed by atoms with Crippen LogP contribution in [0.1, 0.15) is 23.0 Å². The van der Waals surface area contributed by atoms with Crippen molar-refractivity contribution in [1.82, 2.24) is 9.97 Å². The standard InChI is InChI=1S/C20H15F3N4O3/c1-12(28)17-10-18(25-11-24-17)30-14-8-6-13(7-9-14)26-19(29)27-16-5-3-2-4-15(16)20(21,22)23/h2-11H,1H3,(H2,26,27,29). The minimum Gasteiger partial charge on any atom is -0.439 e. The molecule has 0 spiro atoms. The fraction of sp³-hybridized carbons (Fsp3) is 0.100. The molecule has 0 saturated carbocycles. The summed E-state index contributed by atoms with van der Waals surface area (Å²) in [5.41, 5.74) is -0.767. The lowest BCUT2D eigenvalue weighted by molar-refractivity contribution is -0.136. The number of ketones is 1. The van der Waals surface area contributed by atoms with Gasteiger partial charge in [-0.15, -0.1) is 0 Å². The van der Waals surface area contributed by atoms with Crippen molar-refractivity contribution >= 4 is 23.2 Å². The number of nitrogens with one attached hydrogen (secondary N) is 2.